The number of ether oxygens (including phenoxy) is 1. The Hall–Kier alpha value is -2.12. The molecule has 0 spiro atoms. The van der Waals surface area contributed by atoms with Crippen molar-refractivity contribution in [1.29, 1.82) is 0 Å². The fourth-order valence-corrected chi connectivity index (χ4v) is 3.29. The zero-order valence-corrected chi connectivity index (χ0v) is 14.5. The molecule has 24 heavy (non-hydrogen) atoms. The Balaban J connectivity index is 1.52. The first kappa shape index (κ1) is 16.7. The molecule has 0 unspecified atom stereocenters. The second kappa shape index (κ2) is 8.12. The van der Waals surface area contributed by atoms with Gasteiger partial charge in [-0.1, -0.05) is 13.0 Å². The molecule has 2 aromatic rings. The lowest BCUT2D eigenvalue weighted by Gasteiger charge is -2.29. The third-order valence-corrected chi connectivity index (χ3v) is 4.93. The maximum atomic E-state index is 12.1. The number of urea groups is 1. The number of morpholine rings is 1. The molecule has 1 fully saturated rings. The van der Waals surface area contributed by atoms with Gasteiger partial charge in [0.2, 0.25) is 0 Å². The number of carbonyl (C=O) groups is 1. The van der Waals surface area contributed by atoms with E-state index in [1.165, 1.54) is 0 Å². The van der Waals surface area contributed by atoms with Gasteiger partial charge in [0.05, 0.1) is 18.2 Å². The maximum Gasteiger partial charge on any atom is 0.319 e. The van der Waals surface area contributed by atoms with Crippen LogP contribution in [0.2, 0.25) is 0 Å². The molecule has 0 aliphatic carbocycles. The molecule has 0 bridgehead atoms. The highest BCUT2D eigenvalue weighted by molar-refractivity contribution is 7.09. The Morgan fingerprint density at radius 3 is 3.00 bits per heavy atom. The van der Waals surface area contributed by atoms with Crippen LogP contribution in [0.1, 0.15) is 17.8 Å². The molecule has 1 aliphatic heterocycles. The lowest BCUT2D eigenvalue weighted by molar-refractivity contribution is 0.122. The molecule has 0 radical (unpaired) electrons. The third kappa shape index (κ3) is 4.46. The molecule has 1 saturated heterocycles. The minimum atomic E-state index is -0.197. The van der Waals surface area contributed by atoms with Crippen LogP contribution in [-0.4, -0.2) is 43.9 Å². The summed E-state index contributed by atoms with van der Waals surface area (Å²) in [5.41, 5.74) is 1.89. The van der Waals surface area contributed by atoms with Gasteiger partial charge in [0, 0.05) is 48.5 Å². The maximum absolute atomic E-state index is 12.1. The van der Waals surface area contributed by atoms with Crippen molar-refractivity contribution in [3.63, 3.8) is 0 Å². The molecule has 128 valence electrons. The van der Waals surface area contributed by atoms with Crippen molar-refractivity contribution in [1.82, 2.24) is 10.3 Å². The first-order valence-electron chi connectivity index (χ1n) is 8.09. The number of thiazole rings is 1. The second-order valence-electron chi connectivity index (χ2n) is 5.76. The summed E-state index contributed by atoms with van der Waals surface area (Å²) in [7, 11) is 0. The number of anilines is 2. The van der Waals surface area contributed by atoms with Crippen LogP contribution in [0.3, 0.4) is 0 Å². The number of nitrogens with one attached hydrogen (secondary N) is 2. The van der Waals surface area contributed by atoms with E-state index < -0.39 is 0 Å². The van der Waals surface area contributed by atoms with Gasteiger partial charge in [-0.25, -0.2) is 9.78 Å². The summed E-state index contributed by atoms with van der Waals surface area (Å²) in [6.07, 6.45) is 1.79. The lowest BCUT2D eigenvalue weighted by atomic mass is 10.2. The Morgan fingerprint density at radius 2 is 2.25 bits per heavy atom. The molecular weight excluding hydrogens is 324 g/mol. The molecule has 2 amide bonds. The van der Waals surface area contributed by atoms with Gasteiger partial charge in [-0.3, -0.25) is 0 Å². The quantitative estimate of drug-likeness (QED) is 0.874. The van der Waals surface area contributed by atoms with Crippen molar-refractivity contribution >= 4 is 28.7 Å². The predicted molar refractivity (Wildman–Crippen MR) is 97.0 cm³/mol. The number of benzene rings is 1. The van der Waals surface area contributed by atoms with E-state index >= 15 is 0 Å². The summed E-state index contributed by atoms with van der Waals surface area (Å²) in [5.74, 6) is 0.204. The van der Waals surface area contributed by atoms with Crippen molar-refractivity contribution in [3.05, 3.63) is 40.8 Å². The molecule has 0 saturated carbocycles. The molecule has 1 aromatic carbocycles. The lowest BCUT2D eigenvalue weighted by Crippen LogP contribution is -2.36. The number of hydrogen-bond donors (Lipinski definition) is 2. The second-order valence-corrected chi connectivity index (χ2v) is 6.68. The van der Waals surface area contributed by atoms with Gasteiger partial charge in [-0.15, -0.1) is 11.3 Å². The monoisotopic (exact) mass is 346 g/mol. The average molecular weight is 346 g/mol. The fraction of sp³-hybridized carbons (Fsp3) is 0.412. The zero-order chi connectivity index (χ0) is 16.8. The summed E-state index contributed by atoms with van der Waals surface area (Å²) < 4.78 is 5.38. The zero-order valence-electron chi connectivity index (χ0n) is 13.7. The van der Waals surface area contributed by atoms with Gasteiger partial charge in [0.25, 0.3) is 0 Å². The van der Waals surface area contributed by atoms with E-state index in [1.54, 1.807) is 17.5 Å². The normalized spacial score (nSPS) is 15.8. The number of aromatic nitrogens is 1. The van der Waals surface area contributed by atoms with Crippen LogP contribution in [0.4, 0.5) is 16.2 Å². The van der Waals surface area contributed by atoms with Crippen molar-refractivity contribution in [2.24, 2.45) is 0 Å². The fourth-order valence-electron chi connectivity index (χ4n) is 2.59. The average Bonchev–Trinajstić information content (AvgIpc) is 3.15. The van der Waals surface area contributed by atoms with Gasteiger partial charge in [-0.2, -0.15) is 0 Å². The van der Waals surface area contributed by atoms with E-state index in [1.807, 2.05) is 23.6 Å². The molecule has 2 heterocycles. The van der Waals surface area contributed by atoms with Gasteiger partial charge >= 0.3 is 6.03 Å². The Labute approximate surface area is 145 Å². The SMILES string of the molecule is C[C@@H](CNC(=O)Nc1cccc(N2CCOCC2)c1)c1nccs1. The summed E-state index contributed by atoms with van der Waals surface area (Å²) in [6.45, 7) is 5.85. The van der Waals surface area contributed by atoms with Gasteiger partial charge in [0.15, 0.2) is 0 Å². The van der Waals surface area contributed by atoms with E-state index in [9.17, 15) is 4.79 Å². The highest BCUT2D eigenvalue weighted by Gasteiger charge is 2.13. The van der Waals surface area contributed by atoms with Gasteiger partial charge in [-0.05, 0) is 18.2 Å². The molecule has 1 aliphatic rings. The van der Waals surface area contributed by atoms with E-state index in [2.05, 4.69) is 33.5 Å². The molecule has 7 heteroatoms. The first-order valence-corrected chi connectivity index (χ1v) is 8.97. The predicted octanol–water partition coefficient (Wildman–Crippen LogP) is 2.90. The smallest absolute Gasteiger partial charge is 0.319 e. The van der Waals surface area contributed by atoms with Crippen molar-refractivity contribution in [2.45, 2.75) is 12.8 Å². The van der Waals surface area contributed by atoms with Gasteiger partial charge in [0.1, 0.15) is 0 Å². The first-order chi connectivity index (χ1) is 11.7. The minimum absolute atomic E-state index is 0.197. The van der Waals surface area contributed by atoms with Gasteiger partial charge < -0.3 is 20.3 Å². The number of amides is 2. The number of hydrogen-bond acceptors (Lipinski definition) is 5. The summed E-state index contributed by atoms with van der Waals surface area (Å²) in [4.78, 5) is 18.6. The third-order valence-electron chi connectivity index (χ3n) is 3.92. The molecule has 6 nitrogen and oxygen atoms in total. The molecule has 1 atom stereocenters. The number of carbonyl (C=O) groups excluding carboxylic acids is 1. The van der Waals surface area contributed by atoms with Crippen LogP contribution < -0.4 is 15.5 Å². The van der Waals surface area contributed by atoms with Crippen LogP contribution in [0.5, 0.6) is 0 Å². The summed E-state index contributed by atoms with van der Waals surface area (Å²) in [6, 6.07) is 7.71. The molecule has 1 aromatic heterocycles. The highest BCUT2D eigenvalue weighted by atomic mass is 32.1. The number of rotatable bonds is 5. The van der Waals surface area contributed by atoms with Crippen LogP contribution in [0.15, 0.2) is 35.8 Å². The standard InChI is InChI=1S/C17H22N4O2S/c1-13(16-18-5-10-24-16)12-19-17(22)20-14-3-2-4-15(11-14)21-6-8-23-9-7-21/h2-5,10-11,13H,6-9,12H2,1H3,(H2,19,20,22)/t13-/m0/s1. The summed E-state index contributed by atoms with van der Waals surface area (Å²) >= 11 is 1.61. The van der Waals surface area contributed by atoms with Crippen LogP contribution in [0.25, 0.3) is 0 Å². The number of nitrogens with zero attached hydrogens (tertiary/aromatic N) is 2. The Morgan fingerprint density at radius 1 is 1.42 bits per heavy atom. The van der Waals surface area contributed by atoms with E-state index in [-0.39, 0.29) is 11.9 Å². The van der Waals surface area contributed by atoms with Crippen molar-refractivity contribution in [2.75, 3.05) is 43.1 Å². The van der Waals surface area contributed by atoms with E-state index in [0.29, 0.717) is 6.54 Å². The Kier molecular flexibility index (Phi) is 5.66. The molecule has 3 rings (SSSR count). The summed E-state index contributed by atoms with van der Waals surface area (Å²) in [5, 5.41) is 8.78. The topological polar surface area (TPSA) is 66.5 Å². The molecular formula is C17H22N4O2S. The van der Waals surface area contributed by atoms with E-state index in [4.69, 9.17) is 4.74 Å². The van der Waals surface area contributed by atoms with E-state index in [0.717, 1.165) is 42.7 Å². The van der Waals surface area contributed by atoms with Crippen LogP contribution in [0, 0.1) is 0 Å². The molecule has 2 N–H and O–H groups in total. The highest BCUT2D eigenvalue weighted by Crippen LogP contribution is 2.20. The van der Waals surface area contributed by atoms with Crippen LogP contribution in [-0.2, 0) is 4.74 Å². The minimum Gasteiger partial charge on any atom is -0.378 e. The van der Waals surface area contributed by atoms with Crippen molar-refractivity contribution < 1.29 is 9.53 Å². The largest absolute Gasteiger partial charge is 0.378 e. The van der Waals surface area contributed by atoms with Crippen molar-refractivity contribution in [3.8, 4) is 0 Å². The van der Waals surface area contributed by atoms with Crippen LogP contribution >= 0.6 is 11.3 Å². The Bertz CT molecular complexity index is 656.